The van der Waals surface area contributed by atoms with Crippen LogP contribution in [-0.2, 0) is 27.9 Å². The maximum atomic E-state index is 12.4. The van der Waals surface area contributed by atoms with E-state index < -0.39 is 23.1 Å². The van der Waals surface area contributed by atoms with E-state index in [1.165, 1.54) is 48.5 Å². The van der Waals surface area contributed by atoms with Crippen LogP contribution in [0.2, 0.25) is 0 Å². The Balaban J connectivity index is 1.29. The van der Waals surface area contributed by atoms with Crippen molar-refractivity contribution in [2.75, 3.05) is 13.2 Å². The van der Waals surface area contributed by atoms with E-state index in [2.05, 4.69) is 0 Å². The zero-order chi connectivity index (χ0) is 29.9. The van der Waals surface area contributed by atoms with Crippen LogP contribution in [0.25, 0.3) is 11.1 Å². The molecule has 220 valence electrons. The van der Waals surface area contributed by atoms with Crippen LogP contribution in [0.1, 0.15) is 22.3 Å². The first-order valence-corrected chi connectivity index (χ1v) is 13.6. The third-order valence-electron chi connectivity index (χ3n) is 8.99. The lowest BCUT2D eigenvalue weighted by molar-refractivity contribution is -0.218. The van der Waals surface area contributed by atoms with Crippen LogP contribution in [-0.4, -0.2) is 66.5 Å². The van der Waals surface area contributed by atoms with Gasteiger partial charge in [-0.2, -0.15) is 0 Å². The predicted molar refractivity (Wildman–Crippen MR) is 148 cm³/mol. The highest BCUT2D eigenvalue weighted by Crippen LogP contribution is 2.64. The topological polar surface area (TPSA) is 179 Å². The van der Waals surface area contributed by atoms with Gasteiger partial charge in [0.15, 0.2) is 40.5 Å². The summed E-state index contributed by atoms with van der Waals surface area (Å²) < 4.78 is 25.6. The van der Waals surface area contributed by atoms with Gasteiger partial charge in [-0.15, -0.1) is 0 Å². The van der Waals surface area contributed by atoms with Gasteiger partial charge < -0.3 is 54.7 Å². The van der Waals surface area contributed by atoms with E-state index in [4.69, 9.17) is 18.9 Å². The monoisotopic (exact) mass is 586 g/mol. The fraction of sp³-hybridized carbons (Fsp3) is 0.250. The van der Waals surface area contributed by atoms with E-state index >= 15 is 0 Å². The van der Waals surface area contributed by atoms with Crippen molar-refractivity contribution >= 4 is 0 Å². The van der Waals surface area contributed by atoms with Crippen molar-refractivity contribution in [2.45, 2.75) is 35.9 Å². The molecule has 0 bridgehead atoms. The zero-order valence-electron chi connectivity index (χ0n) is 22.4. The van der Waals surface area contributed by atoms with Gasteiger partial charge >= 0.3 is 0 Å². The van der Waals surface area contributed by atoms with Crippen molar-refractivity contribution in [1.82, 2.24) is 0 Å². The number of ether oxygens (including phenoxy) is 4. The number of benzene rings is 4. The minimum atomic E-state index is -1.90. The highest BCUT2D eigenvalue weighted by Gasteiger charge is 2.72. The molecule has 4 aromatic carbocycles. The number of fused-ring (bicyclic) bond motifs is 5. The average molecular weight is 587 g/mol. The van der Waals surface area contributed by atoms with E-state index in [1.54, 1.807) is 12.1 Å². The second kappa shape index (κ2) is 8.38. The van der Waals surface area contributed by atoms with Crippen LogP contribution in [0.4, 0.5) is 0 Å². The molecule has 0 aromatic heterocycles. The van der Waals surface area contributed by atoms with Crippen molar-refractivity contribution in [2.24, 2.45) is 0 Å². The Kier molecular flexibility index (Phi) is 5.03. The Labute approximate surface area is 244 Å². The second-order valence-electron chi connectivity index (χ2n) is 11.6. The molecule has 7 N–H and O–H groups in total. The molecule has 0 spiro atoms. The summed E-state index contributed by atoms with van der Waals surface area (Å²) in [6, 6.07) is 14.6. The molecule has 3 heterocycles. The number of aliphatic hydroxyl groups is 1. The predicted octanol–water partition coefficient (Wildman–Crippen LogP) is 3.26. The van der Waals surface area contributed by atoms with Crippen molar-refractivity contribution in [3.8, 4) is 57.1 Å². The molecule has 11 nitrogen and oxygen atoms in total. The van der Waals surface area contributed by atoms with Crippen LogP contribution in [0.15, 0.2) is 60.7 Å². The molecule has 43 heavy (non-hydrogen) atoms. The third-order valence-corrected chi connectivity index (χ3v) is 8.99. The Morgan fingerprint density at radius 3 is 2.02 bits per heavy atom. The molecular weight excluding hydrogens is 560 g/mol. The standard InChI is InChI=1S/C32H26O11/c33-17-1-3-19-20-9-25(37)23(35)5-15(20)11-30(39,13-40-27(19)7-17)29-42-31-12-16-6-24(36)26(38)10-22(16)32(31,43-29)21-4-2-18(34)8-28(21)41-14-31/h1-10,29,33-39H,11-14H2/t29?,30-,31-,32-/m1/s1. The molecule has 11 heteroatoms. The summed E-state index contributed by atoms with van der Waals surface area (Å²) in [5, 5.41) is 74.3. The molecule has 3 aliphatic heterocycles. The molecule has 0 radical (unpaired) electrons. The minimum absolute atomic E-state index is 0.0291. The Morgan fingerprint density at radius 1 is 0.581 bits per heavy atom. The molecule has 0 saturated carbocycles. The number of phenols is 6. The maximum Gasteiger partial charge on any atom is 0.192 e. The molecule has 4 atom stereocenters. The first kappa shape index (κ1) is 25.8. The van der Waals surface area contributed by atoms with Crippen molar-refractivity contribution < 1.29 is 54.7 Å². The Bertz CT molecular complexity index is 1850. The fourth-order valence-corrected chi connectivity index (χ4v) is 7.04. The van der Waals surface area contributed by atoms with Crippen molar-refractivity contribution in [3.63, 3.8) is 0 Å². The normalized spacial score (nSPS) is 28.1. The maximum absolute atomic E-state index is 12.4. The Hall–Kier alpha value is -4.84. The number of hydrogen-bond acceptors (Lipinski definition) is 11. The molecule has 1 fully saturated rings. The number of phenolic OH excluding ortho intramolecular Hbond substituents is 6. The summed E-state index contributed by atoms with van der Waals surface area (Å²) >= 11 is 0. The highest BCUT2D eigenvalue weighted by molar-refractivity contribution is 5.77. The van der Waals surface area contributed by atoms with Gasteiger partial charge in [-0.3, -0.25) is 0 Å². The zero-order valence-corrected chi connectivity index (χ0v) is 22.4. The summed E-state index contributed by atoms with van der Waals surface area (Å²) in [6.45, 7) is -0.395. The molecule has 4 aliphatic rings. The molecule has 0 amide bonds. The number of hydrogen-bond donors (Lipinski definition) is 7. The summed E-state index contributed by atoms with van der Waals surface area (Å²) in [6.07, 6.45) is -1.29. The largest absolute Gasteiger partial charge is 0.508 e. The Morgan fingerprint density at radius 2 is 1.23 bits per heavy atom. The lowest BCUT2D eigenvalue weighted by Gasteiger charge is -2.42. The van der Waals surface area contributed by atoms with Gasteiger partial charge in [-0.05, 0) is 70.8 Å². The van der Waals surface area contributed by atoms with Gasteiger partial charge in [-0.1, -0.05) is 0 Å². The molecular formula is C32H26O11. The SMILES string of the molecule is Oc1ccc2c(c1)OC[C@@](O)(C1O[C@]34COc5cc(O)ccc5[C@@]3(O1)c1cc(O)c(O)cc1C4)Cc1cc(O)c(O)cc1-2. The van der Waals surface area contributed by atoms with Gasteiger partial charge in [0.05, 0.1) is 0 Å². The number of aromatic hydroxyl groups is 6. The number of rotatable bonds is 1. The van der Waals surface area contributed by atoms with Gasteiger partial charge in [0.2, 0.25) is 0 Å². The van der Waals surface area contributed by atoms with Crippen LogP contribution in [0, 0.1) is 0 Å². The van der Waals surface area contributed by atoms with E-state index in [1.807, 2.05) is 0 Å². The molecule has 1 aliphatic carbocycles. The van der Waals surface area contributed by atoms with Crippen LogP contribution in [0.3, 0.4) is 0 Å². The molecule has 4 aromatic rings. The van der Waals surface area contributed by atoms with Crippen LogP contribution >= 0.6 is 0 Å². The lowest BCUT2D eigenvalue weighted by atomic mass is 9.76. The second-order valence-corrected chi connectivity index (χ2v) is 11.6. The summed E-state index contributed by atoms with van der Waals surface area (Å²) in [4.78, 5) is 0. The van der Waals surface area contributed by atoms with E-state index in [0.717, 1.165) is 0 Å². The first-order valence-electron chi connectivity index (χ1n) is 13.6. The lowest BCUT2D eigenvalue weighted by Crippen LogP contribution is -2.54. The van der Waals surface area contributed by atoms with E-state index in [9.17, 15) is 35.7 Å². The summed E-state index contributed by atoms with van der Waals surface area (Å²) in [5.41, 5.74) is -1.46. The van der Waals surface area contributed by atoms with Gasteiger partial charge in [-0.25, -0.2) is 0 Å². The molecule has 1 unspecified atom stereocenters. The van der Waals surface area contributed by atoms with Crippen molar-refractivity contribution in [3.05, 3.63) is 82.9 Å². The fourth-order valence-electron chi connectivity index (χ4n) is 7.04. The summed E-state index contributed by atoms with van der Waals surface area (Å²) in [5.74, 6) is -0.968. The van der Waals surface area contributed by atoms with E-state index in [0.29, 0.717) is 39.1 Å². The summed E-state index contributed by atoms with van der Waals surface area (Å²) in [7, 11) is 0. The van der Waals surface area contributed by atoms with Gasteiger partial charge in [0.1, 0.15) is 41.8 Å². The molecule has 8 rings (SSSR count). The van der Waals surface area contributed by atoms with Gasteiger partial charge in [0, 0.05) is 36.1 Å². The average Bonchev–Trinajstić information content (AvgIpc) is 3.44. The minimum Gasteiger partial charge on any atom is -0.508 e. The first-order chi connectivity index (χ1) is 20.5. The van der Waals surface area contributed by atoms with Crippen molar-refractivity contribution in [1.29, 1.82) is 0 Å². The van der Waals surface area contributed by atoms with E-state index in [-0.39, 0.29) is 66.3 Å². The highest BCUT2D eigenvalue weighted by atomic mass is 16.8. The quantitative estimate of drug-likeness (QED) is 0.163. The smallest absolute Gasteiger partial charge is 0.192 e. The molecule has 1 saturated heterocycles. The van der Waals surface area contributed by atoms with Crippen LogP contribution < -0.4 is 9.47 Å². The third kappa shape index (κ3) is 3.40. The van der Waals surface area contributed by atoms with Crippen LogP contribution in [0.5, 0.6) is 46.0 Å². The van der Waals surface area contributed by atoms with Gasteiger partial charge in [0.25, 0.3) is 0 Å².